The first-order valence-corrected chi connectivity index (χ1v) is 19.0. The number of hydrogen-bond donors (Lipinski definition) is 0. The molecule has 0 fully saturated rings. The van der Waals surface area contributed by atoms with E-state index < -0.39 is 0 Å². The van der Waals surface area contributed by atoms with Crippen molar-refractivity contribution in [1.29, 1.82) is 0 Å². The maximum atomic E-state index is 5.20. The highest BCUT2D eigenvalue weighted by Crippen LogP contribution is 2.42. The molecule has 0 saturated heterocycles. The summed E-state index contributed by atoms with van der Waals surface area (Å²) in [5.41, 5.74) is 16.1. The molecule has 0 aliphatic carbocycles. The summed E-state index contributed by atoms with van der Waals surface area (Å²) >= 11 is 0. The van der Waals surface area contributed by atoms with Crippen molar-refractivity contribution >= 4 is 38.9 Å². The minimum Gasteiger partial charge on any atom is -0.310 e. The summed E-state index contributed by atoms with van der Waals surface area (Å²) in [6.07, 6.45) is 0. The van der Waals surface area contributed by atoms with Crippen LogP contribution in [0.1, 0.15) is 0 Å². The number of nitrogens with zero attached hydrogens (tertiary/aromatic N) is 4. The van der Waals surface area contributed by atoms with Gasteiger partial charge in [0.2, 0.25) is 0 Å². The molecule has 0 amide bonds. The second kappa shape index (κ2) is 13.1. The summed E-state index contributed by atoms with van der Waals surface area (Å²) in [6, 6.07) is 73.7. The molecule has 11 rings (SSSR count). The average molecular weight is 715 g/mol. The van der Waals surface area contributed by atoms with Gasteiger partial charge < -0.3 is 9.47 Å². The Morgan fingerprint density at radius 2 is 0.768 bits per heavy atom. The van der Waals surface area contributed by atoms with Gasteiger partial charge in [0.1, 0.15) is 0 Å². The molecule has 0 unspecified atom stereocenters. The van der Waals surface area contributed by atoms with Gasteiger partial charge in [-0.2, -0.15) is 0 Å². The predicted molar refractivity (Wildman–Crippen MR) is 232 cm³/mol. The van der Waals surface area contributed by atoms with E-state index in [0.717, 1.165) is 73.1 Å². The fourth-order valence-corrected chi connectivity index (χ4v) is 8.23. The maximum Gasteiger partial charge on any atom is 0.160 e. The zero-order valence-corrected chi connectivity index (χ0v) is 30.4. The first-order chi connectivity index (χ1) is 27.7. The minimum absolute atomic E-state index is 0.698. The number of anilines is 3. The quantitative estimate of drug-likeness (QED) is 0.183. The molecule has 0 spiro atoms. The minimum atomic E-state index is 0.698. The van der Waals surface area contributed by atoms with Gasteiger partial charge in [-0.1, -0.05) is 127 Å². The average Bonchev–Trinajstić information content (AvgIpc) is 3.61. The number of rotatable bonds is 3. The molecule has 3 heterocycles. The predicted octanol–water partition coefficient (Wildman–Crippen LogP) is 13.7. The zero-order valence-electron chi connectivity index (χ0n) is 30.4. The van der Waals surface area contributed by atoms with Crippen molar-refractivity contribution in [3.05, 3.63) is 206 Å². The van der Waals surface area contributed by atoms with Crippen LogP contribution in [-0.2, 0) is 0 Å². The molecule has 8 aromatic carbocycles. The molecule has 0 N–H and O–H groups in total. The van der Waals surface area contributed by atoms with E-state index in [2.05, 4.69) is 210 Å². The fraction of sp³-hybridized carbons (Fsp3) is 0. The molecule has 56 heavy (non-hydrogen) atoms. The highest BCUT2D eigenvalue weighted by atomic mass is 15.1. The molecular weight excluding hydrogens is 681 g/mol. The molecule has 0 radical (unpaired) electrons. The maximum absolute atomic E-state index is 5.20. The van der Waals surface area contributed by atoms with Gasteiger partial charge in [0.25, 0.3) is 0 Å². The Morgan fingerprint density at radius 1 is 0.286 bits per heavy atom. The summed E-state index contributed by atoms with van der Waals surface area (Å²) in [7, 11) is 0. The zero-order chi connectivity index (χ0) is 37.0. The third kappa shape index (κ3) is 5.47. The van der Waals surface area contributed by atoms with Crippen LogP contribution >= 0.6 is 0 Å². The third-order valence-electron chi connectivity index (χ3n) is 10.9. The first-order valence-electron chi connectivity index (χ1n) is 19.0. The van der Waals surface area contributed by atoms with E-state index in [4.69, 9.17) is 9.97 Å². The number of aromatic nitrogens is 3. The molecule has 0 atom stereocenters. The number of para-hydroxylation sites is 2. The third-order valence-corrected chi connectivity index (χ3v) is 10.9. The first kappa shape index (κ1) is 31.9. The summed E-state index contributed by atoms with van der Waals surface area (Å²) in [4.78, 5) is 12.7. The van der Waals surface area contributed by atoms with Gasteiger partial charge in [-0.15, -0.1) is 0 Å². The van der Waals surface area contributed by atoms with Gasteiger partial charge in [0.15, 0.2) is 5.82 Å². The second-order valence-electron chi connectivity index (χ2n) is 14.3. The van der Waals surface area contributed by atoms with Crippen LogP contribution in [0.3, 0.4) is 0 Å². The lowest BCUT2D eigenvalue weighted by Crippen LogP contribution is -2.10. The van der Waals surface area contributed by atoms with Crippen molar-refractivity contribution < 1.29 is 0 Å². The Hall–Kier alpha value is -7.56. The summed E-state index contributed by atoms with van der Waals surface area (Å²) in [5, 5.41) is 2.43. The van der Waals surface area contributed by atoms with Crippen molar-refractivity contribution in [2.75, 3.05) is 4.90 Å². The topological polar surface area (TPSA) is 34.0 Å². The molecule has 1 aliphatic heterocycles. The van der Waals surface area contributed by atoms with Gasteiger partial charge >= 0.3 is 0 Å². The van der Waals surface area contributed by atoms with Gasteiger partial charge in [-0.25, -0.2) is 9.97 Å². The molecular formula is C52H34N4. The number of fused-ring (bicyclic) bond motifs is 17. The molecule has 10 aromatic rings. The molecule has 1 aliphatic rings. The van der Waals surface area contributed by atoms with Crippen LogP contribution in [0, 0.1) is 0 Å². The van der Waals surface area contributed by atoms with E-state index in [1.54, 1.807) is 0 Å². The molecule has 2 aromatic heterocycles. The highest BCUT2D eigenvalue weighted by molar-refractivity contribution is 6.10. The van der Waals surface area contributed by atoms with E-state index in [0.29, 0.717) is 5.82 Å². The van der Waals surface area contributed by atoms with Crippen molar-refractivity contribution in [3.63, 3.8) is 0 Å². The molecule has 0 saturated carbocycles. The second-order valence-corrected chi connectivity index (χ2v) is 14.3. The van der Waals surface area contributed by atoms with Gasteiger partial charge in [-0.3, -0.25) is 0 Å². The van der Waals surface area contributed by atoms with Crippen LogP contribution in [0.4, 0.5) is 17.1 Å². The smallest absolute Gasteiger partial charge is 0.160 e. The summed E-state index contributed by atoms with van der Waals surface area (Å²) in [6.45, 7) is 0. The Kier molecular flexibility index (Phi) is 7.46. The van der Waals surface area contributed by atoms with Crippen LogP contribution < -0.4 is 4.90 Å². The molecule has 10 bridgehead atoms. The highest BCUT2D eigenvalue weighted by Gasteiger charge is 2.19. The fourth-order valence-electron chi connectivity index (χ4n) is 8.23. The monoisotopic (exact) mass is 714 g/mol. The van der Waals surface area contributed by atoms with Crippen molar-refractivity contribution in [2.45, 2.75) is 0 Å². The van der Waals surface area contributed by atoms with E-state index >= 15 is 0 Å². The Balaban J connectivity index is 1.15. The van der Waals surface area contributed by atoms with Crippen LogP contribution in [0.15, 0.2) is 206 Å². The van der Waals surface area contributed by atoms with Gasteiger partial charge in [0.05, 0.1) is 22.4 Å². The van der Waals surface area contributed by atoms with Crippen LogP contribution in [0.2, 0.25) is 0 Å². The van der Waals surface area contributed by atoms with Crippen LogP contribution in [0.25, 0.3) is 83.6 Å². The lowest BCUT2D eigenvalue weighted by Gasteiger charge is -2.27. The molecule has 4 heteroatoms. The van der Waals surface area contributed by atoms with E-state index in [9.17, 15) is 0 Å². The Bertz CT molecular complexity index is 2980. The number of hydrogen-bond acceptors (Lipinski definition) is 3. The van der Waals surface area contributed by atoms with Crippen LogP contribution in [-0.4, -0.2) is 14.5 Å². The Morgan fingerprint density at radius 3 is 1.48 bits per heavy atom. The van der Waals surface area contributed by atoms with Crippen LogP contribution in [0.5, 0.6) is 0 Å². The largest absolute Gasteiger partial charge is 0.310 e. The molecule has 4 nitrogen and oxygen atoms in total. The normalized spacial score (nSPS) is 11.9. The van der Waals surface area contributed by atoms with Crippen molar-refractivity contribution in [1.82, 2.24) is 14.5 Å². The van der Waals surface area contributed by atoms with Crippen molar-refractivity contribution in [3.8, 4) is 61.8 Å². The van der Waals surface area contributed by atoms with E-state index in [-0.39, 0.29) is 0 Å². The van der Waals surface area contributed by atoms with Gasteiger partial charge in [0, 0.05) is 50.2 Å². The van der Waals surface area contributed by atoms with E-state index in [1.807, 2.05) is 6.07 Å². The van der Waals surface area contributed by atoms with Crippen molar-refractivity contribution in [2.24, 2.45) is 0 Å². The van der Waals surface area contributed by atoms with Gasteiger partial charge in [-0.05, 0) is 101 Å². The Labute approximate surface area is 325 Å². The summed E-state index contributed by atoms with van der Waals surface area (Å²) < 4.78 is 2.37. The molecule has 262 valence electrons. The summed E-state index contributed by atoms with van der Waals surface area (Å²) in [5.74, 6) is 0.698. The lowest BCUT2D eigenvalue weighted by atomic mass is 9.98. The SMILES string of the molecule is c1ccc(-c2cc3nc(n2)-c2cccc(c2)-c2cccc(c2)N(c2ccc4c(c2)c2ccccc2n4-c2ccccc2)c2cccc(c2)-c2cccc-3c2)cc1. The lowest BCUT2D eigenvalue weighted by molar-refractivity contribution is 1.18. The number of benzene rings is 8. The van der Waals surface area contributed by atoms with E-state index in [1.165, 1.54) is 21.8 Å². The standard InChI is InChI=1S/C52H34N4/c1-3-13-35(14-4-1)48-34-49-40-19-9-15-36(29-40)38-17-11-23-43(31-38)55(44-24-12-18-39(32-44)37-16-10-20-41(30-37)52(53-48)54-49)45-27-28-51-47(33-45)46-25-7-8-26-50(46)56(51)42-21-5-2-6-22-42/h1-34H.